The van der Waals surface area contributed by atoms with Crippen LogP contribution in [0.25, 0.3) is 0 Å². The summed E-state index contributed by atoms with van der Waals surface area (Å²) < 4.78 is 1.06. The lowest BCUT2D eigenvalue weighted by atomic mass is 9.87. The van der Waals surface area contributed by atoms with Gasteiger partial charge in [0, 0.05) is 24.6 Å². The molecule has 0 heterocycles. The Balaban J connectivity index is 2.00. The summed E-state index contributed by atoms with van der Waals surface area (Å²) in [6.45, 7) is 3.14. The number of rotatable bonds is 5. The number of benzene rings is 1. The summed E-state index contributed by atoms with van der Waals surface area (Å²) in [5.41, 5.74) is 1.14. The number of carbonyl (C=O) groups is 1. The van der Waals surface area contributed by atoms with Crippen molar-refractivity contribution in [2.75, 3.05) is 20.6 Å². The fraction of sp³-hybridized carbons (Fsp3) is 0.579. The highest BCUT2D eigenvalue weighted by atomic mass is 79.9. The average Bonchev–Trinajstić information content (AvgIpc) is 2.58. The fourth-order valence-electron chi connectivity index (χ4n) is 2.99. The Kier molecular flexibility index (Phi) is 7.75. The molecule has 0 radical (unpaired) electrons. The summed E-state index contributed by atoms with van der Waals surface area (Å²) in [5.74, 6) is 1.50. The molecule has 25 heavy (non-hydrogen) atoms. The topological polar surface area (TPSA) is 56.7 Å². The Hall–Kier alpha value is -1.56. The summed E-state index contributed by atoms with van der Waals surface area (Å²) in [7, 11) is 3.53. The third-order valence-electron chi connectivity index (χ3n) is 4.52. The van der Waals surface area contributed by atoms with Crippen molar-refractivity contribution in [2.45, 2.75) is 45.2 Å². The molecule has 0 aromatic heterocycles. The van der Waals surface area contributed by atoms with Crippen LogP contribution in [0.3, 0.4) is 0 Å². The Bertz CT molecular complexity index is 586. The normalized spacial score (nSPS) is 20.9. The van der Waals surface area contributed by atoms with Crippen LogP contribution in [-0.4, -0.2) is 43.4 Å². The van der Waals surface area contributed by atoms with Crippen LogP contribution in [0, 0.1) is 5.92 Å². The van der Waals surface area contributed by atoms with Gasteiger partial charge in [0.25, 0.3) is 0 Å². The summed E-state index contributed by atoms with van der Waals surface area (Å²) in [6, 6.07) is 8.57. The zero-order valence-corrected chi connectivity index (χ0v) is 17.0. The van der Waals surface area contributed by atoms with Gasteiger partial charge in [0.05, 0.1) is 13.1 Å². The second-order valence-corrected chi connectivity index (χ2v) is 7.96. The largest absolute Gasteiger partial charge is 0.354 e. The number of hydrogen-bond acceptors (Lipinski definition) is 2. The highest BCUT2D eigenvalue weighted by molar-refractivity contribution is 9.10. The van der Waals surface area contributed by atoms with Crippen LogP contribution in [0.15, 0.2) is 33.7 Å². The molecule has 0 saturated heterocycles. The molecular weight excluding hydrogens is 380 g/mol. The Morgan fingerprint density at radius 1 is 1.28 bits per heavy atom. The molecule has 2 N–H and O–H groups in total. The first-order chi connectivity index (χ1) is 11.9. The van der Waals surface area contributed by atoms with E-state index < -0.39 is 0 Å². The molecule has 0 bridgehead atoms. The molecule has 5 nitrogen and oxygen atoms in total. The predicted molar refractivity (Wildman–Crippen MR) is 107 cm³/mol. The van der Waals surface area contributed by atoms with Gasteiger partial charge in [-0.3, -0.25) is 4.79 Å². The third-order valence-corrected chi connectivity index (χ3v) is 5.04. The van der Waals surface area contributed by atoms with Gasteiger partial charge in [-0.25, -0.2) is 4.99 Å². The van der Waals surface area contributed by atoms with E-state index in [2.05, 4.69) is 50.6 Å². The molecule has 6 heteroatoms. The lowest BCUT2D eigenvalue weighted by Crippen LogP contribution is -2.47. The van der Waals surface area contributed by atoms with Crippen molar-refractivity contribution in [1.82, 2.24) is 15.5 Å². The number of guanidine groups is 1. The first-order valence-corrected chi connectivity index (χ1v) is 9.73. The number of amides is 1. The van der Waals surface area contributed by atoms with Gasteiger partial charge in [-0.1, -0.05) is 47.8 Å². The van der Waals surface area contributed by atoms with E-state index in [1.807, 2.05) is 12.1 Å². The monoisotopic (exact) mass is 408 g/mol. The molecule has 138 valence electrons. The molecule has 0 aliphatic heterocycles. The van der Waals surface area contributed by atoms with Crippen LogP contribution in [0.1, 0.15) is 38.2 Å². The smallest absolute Gasteiger partial charge is 0.241 e. The predicted octanol–water partition coefficient (Wildman–Crippen LogP) is 3.15. The summed E-state index contributed by atoms with van der Waals surface area (Å²) in [4.78, 5) is 18.1. The molecule has 1 amide bonds. The molecule has 1 aromatic rings. The van der Waals surface area contributed by atoms with Crippen LogP contribution < -0.4 is 10.6 Å². The van der Waals surface area contributed by atoms with E-state index in [-0.39, 0.29) is 12.5 Å². The molecule has 1 aliphatic rings. The maximum Gasteiger partial charge on any atom is 0.241 e. The zero-order valence-electron chi connectivity index (χ0n) is 15.4. The molecular formula is C19H29BrN4O. The molecule has 1 aromatic carbocycles. The molecule has 1 fully saturated rings. The van der Waals surface area contributed by atoms with Crippen molar-refractivity contribution in [1.29, 1.82) is 0 Å². The number of aliphatic imine (C=N–C) groups is 1. The molecule has 1 aliphatic carbocycles. The lowest BCUT2D eigenvalue weighted by molar-refractivity contribution is -0.127. The number of likely N-dealkylation sites (N-methyl/N-ethyl adjacent to an activating group) is 1. The highest BCUT2D eigenvalue weighted by Crippen LogP contribution is 2.23. The van der Waals surface area contributed by atoms with Gasteiger partial charge in [0.2, 0.25) is 5.91 Å². The molecule has 2 rings (SSSR count). The zero-order chi connectivity index (χ0) is 18.2. The quantitative estimate of drug-likeness (QED) is 0.580. The Morgan fingerprint density at radius 2 is 2.00 bits per heavy atom. The number of nitrogens with zero attached hydrogens (tertiary/aromatic N) is 2. The van der Waals surface area contributed by atoms with Gasteiger partial charge in [-0.2, -0.15) is 0 Å². The minimum atomic E-state index is 0.0372. The second kappa shape index (κ2) is 9.80. The van der Waals surface area contributed by atoms with Crippen LogP contribution in [0.2, 0.25) is 0 Å². The van der Waals surface area contributed by atoms with E-state index in [1.54, 1.807) is 19.0 Å². The SMILES string of the molecule is CC1CCCC(NC(=NCc2ccc(Br)cc2)NCC(=O)N(C)C)C1. The fourth-order valence-corrected chi connectivity index (χ4v) is 3.25. The number of nitrogens with one attached hydrogen (secondary N) is 2. The van der Waals surface area contributed by atoms with E-state index in [1.165, 1.54) is 12.8 Å². The average molecular weight is 409 g/mol. The van der Waals surface area contributed by atoms with Crippen LogP contribution >= 0.6 is 15.9 Å². The van der Waals surface area contributed by atoms with E-state index >= 15 is 0 Å². The van der Waals surface area contributed by atoms with E-state index in [9.17, 15) is 4.79 Å². The van der Waals surface area contributed by atoms with Crippen molar-refractivity contribution >= 4 is 27.8 Å². The summed E-state index contributed by atoms with van der Waals surface area (Å²) in [5, 5.41) is 6.70. The summed E-state index contributed by atoms with van der Waals surface area (Å²) >= 11 is 3.45. The highest BCUT2D eigenvalue weighted by Gasteiger charge is 2.20. The minimum absolute atomic E-state index is 0.0372. The standard InChI is InChI=1S/C19H29BrN4O/c1-14-5-4-6-17(11-14)23-19(22-13-18(25)24(2)3)21-12-15-7-9-16(20)10-8-15/h7-10,14,17H,4-6,11-13H2,1-3H3,(H2,21,22,23). The van der Waals surface area contributed by atoms with Gasteiger partial charge < -0.3 is 15.5 Å². The summed E-state index contributed by atoms with van der Waals surface area (Å²) in [6.07, 6.45) is 4.86. The van der Waals surface area contributed by atoms with Crippen molar-refractivity contribution in [3.05, 3.63) is 34.3 Å². The van der Waals surface area contributed by atoms with Gasteiger partial charge in [-0.15, -0.1) is 0 Å². The molecule has 0 spiro atoms. The van der Waals surface area contributed by atoms with Crippen LogP contribution in [0.4, 0.5) is 0 Å². The van der Waals surface area contributed by atoms with Crippen molar-refractivity contribution in [2.24, 2.45) is 10.9 Å². The maximum atomic E-state index is 11.9. The van der Waals surface area contributed by atoms with E-state index in [0.29, 0.717) is 12.6 Å². The third kappa shape index (κ3) is 7.06. The van der Waals surface area contributed by atoms with E-state index in [0.717, 1.165) is 34.8 Å². The second-order valence-electron chi connectivity index (χ2n) is 7.05. The minimum Gasteiger partial charge on any atom is -0.354 e. The van der Waals surface area contributed by atoms with Gasteiger partial charge in [-0.05, 0) is 36.5 Å². The lowest BCUT2D eigenvalue weighted by Gasteiger charge is -2.29. The Labute approximate surface area is 159 Å². The van der Waals surface area contributed by atoms with Crippen molar-refractivity contribution in [3.63, 3.8) is 0 Å². The van der Waals surface area contributed by atoms with Crippen LogP contribution in [0.5, 0.6) is 0 Å². The Morgan fingerprint density at radius 3 is 2.64 bits per heavy atom. The molecule has 1 saturated carbocycles. The maximum absolute atomic E-state index is 11.9. The van der Waals surface area contributed by atoms with Crippen LogP contribution in [-0.2, 0) is 11.3 Å². The van der Waals surface area contributed by atoms with Gasteiger partial charge >= 0.3 is 0 Å². The first kappa shape index (κ1) is 19.8. The van der Waals surface area contributed by atoms with Crippen molar-refractivity contribution < 1.29 is 4.79 Å². The number of carbonyl (C=O) groups excluding carboxylic acids is 1. The van der Waals surface area contributed by atoms with E-state index in [4.69, 9.17) is 0 Å². The molecule has 2 atom stereocenters. The number of halogens is 1. The molecule has 2 unspecified atom stereocenters. The first-order valence-electron chi connectivity index (χ1n) is 8.93. The van der Waals surface area contributed by atoms with Gasteiger partial charge in [0.1, 0.15) is 0 Å². The number of hydrogen-bond donors (Lipinski definition) is 2. The van der Waals surface area contributed by atoms with Gasteiger partial charge in [0.15, 0.2) is 5.96 Å². The van der Waals surface area contributed by atoms with Crippen molar-refractivity contribution in [3.8, 4) is 0 Å².